The van der Waals surface area contributed by atoms with Crippen molar-refractivity contribution in [3.8, 4) is 0 Å². The summed E-state index contributed by atoms with van der Waals surface area (Å²) >= 11 is 3.18. The average Bonchev–Trinajstić information content (AvgIpc) is 2.32. The van der Waals surface area contributed by atoms with Crippen LogP contribution < -0.4 is 0 Å². The lowest BCUT2D eigenvalue weighted by Crippen LogP contribution is -2.40. The third-order valence-corrected chi connectivity index (χ3v) is 2.87. The van der Waals surface area contributed by atoms with Crippen molar-refractivity contribution in [1.82, 2.24) is 4.90 Å². The van der Waals surface area contributed by atoms with Gasteiger partial charge in [-0.15, -0.1) is 0 Å². The second kappa shape index (κ2) is 9.17. The molecule has 0 aromatic rings. The van der Waals surface area contributed by atoms with E-state index in [9.17, 15) is 22.8 Å². The first kappa shape index (κ1) is 18.2. The van der Waals surface area contributed by atoms with E-state index in [1.54, 1.807) is 0 Å². The van der Waals surface area contributed by atoms with Crippen LogP contribution in [0.3, 0.4) is 0 Å². The molecule has 0 radical (unpaired) electrons. The van der Waals surface area contributed by atoms with Gasteiger partial charge in [0.05, 0.1) is 13.5 Å². The molecule has 0 saturated heterocycles. The van der Waals surface area contributed by atoms with Crippen molar-refractivity contribution in [1.29, 1.82) is 0 Å². The molecule has 0 rings (SSSR count). The third-order valence-electron chi connectivity index (χ3n) is 2.31. The van der Waals surface area contributed by atoms with Gasteiger partial charge in [0.1, 0.15) is 6.54 Å². The summed E-state index contributed by atoms with van der Waals surface area (Å²) in [6.45, 7) is -1.61. The molecule has 0 saturated carbocycles. The molecule has 0 fully saturated rings. The molecule has 8 heteroatoms. The molecule has 0 aromatic carbocycles. The summed E-state index contributed by atoms with van der Waals surface area (Å²) in [6.07, 6.45) is -3.44. The molecule has 0 aliphatic carbocycles. The zero-order valence-electron chi connectivity index (χ0n) is 10.6. The summed E-state index contributed by atoms with van der Waals surface area (Å²) < 4.78 is 41.4. The van der Waals surface area contributed by atoms with Gasteiger partial charge in [-0.1, -0.05) is 15.9 Å². The number of amides is 1. The number of esters is 1. The van der Waals surface area contributed by atoms with Gasteiger partial charge in [-0.05, 0) is 12.8 Å². The Bertz CT molecular complexity index is 297. The maximum atomic E-state index is 12.3. The highest BCUT2D eigenvalue weighted by Gasteiger charge is 2.32. The Balaban J connectivity index is 4.39. The number of rotatable bonds is 8. The number of alkyl halides is 4. The SMILES string of the molecule is COC(=O)CCN(CC(F)(F)F)C(=O)CCCCBr. The summed E-state index contributed by atoms with van der Waals surface area (Å²) in [7, 11) is 1.15. The summed E-state index contributed by atoms with van der Waals surface area (Å²) in [4.78, 5) is 23.2. The summed E-state index contributed by atoms with van der Waals surface area (Å²) in [6, 6.07) is 0. The Kier molecular flexibility index (Phi) is 8.79. The fourth-order valence-corrected chi connectivity index (χ4v) is 1.76. The minimum absolute atomic E-state index is 0.0445. The lowest BCUT2D eigenvalue weighted by Gasteiger charge is -2.23. The number of carbonyl (C=O) groups is 2. The fourth-order valence-electron chi connectivity index (χ4n) is 1.37. The van der Waals surface area contributed by atoms with Gasteiger partial charge < -0.3 is 9.64 Å². The van der Waals surface area contributed by atoms with Gasteiger partial charge in [0.15, 0.2) is 0 Å². The van der Waals surface area contributed by atoms with E-state index < -0.39 is 24.6 Å². The molecule has 0 bridgehead atoms. The van der Waals surface area contributed by atoms with Crippen LogP contribution in [0.4, 0.5) is 13.2 Å². The molecule has 0 spiro atoms. The number of unbranched alkanes of at least 4 members (excludes halogenated alkanes) is 1. The van der Waals surface area contributed by atoms with Gasteiger partial charge in [0, 0.05) is 18.3 Å². The number of methoxy groups -OCH3 is 1. The molecule has 19 heavy (non-hydrogen) atoms. The molecular weight excluding hydrogens is 331 g/mol. The van der Waals surface area contributed by atoms with Crippen LogP contribution in [-0.2, 0) is 14.3 Å². The first-order chi connectivity index (χ1) is 8.80. The zero-order valence-corrected chi connectivity index (χ0v) is 12.2. The molecule has 0 aromatic heterocycles. The van der Waals surface area contributed by atoms with E-state index in [2.05, 4.69) is 20.7 Å². The average molecular weight is 348 g/mol. The molecule has 0 aliphatic heterocycles. The molecule has 1 amide bonds. The molecular formula is C11H17BrF3NO3. The van der Waals surface area contributed by atoms with Crippen LogP contribution in [0.5, 0.6) is 0 Å². The van der Waals surface area contributed by atoms with E-state index in [0.29, 0.717) is 23.1 Å². The Morgan fingerprint density at radius 1 is 1.21 bits per heavy atom. The van der Waals surface area contributed by atoms with Crippen LogP contribution in [0.25, 0.3) is 0 Å². The molecule has 0 aliphatic rings. The van der Waals surface area contributed by atoms with Crippen molar-refractivity contribution in [2.45, 2.75) is 31.9 Å². The first-order valence-corrected chi connectivity index (χ1v) is 6.89. The van der Waals surface area contributed by atoms with Crippen LogP contribution in [0.1, 0.15) is 25.7 Å². The largest absolute Gasteiger partial charge is 0.469 e. The Morgan fingerprint density at radius 2 is 1.84 bits per heavy atom. The fraction of sp³-hybridized carbons (Fsp3) is 0.818. The number of hydrogen-bond donors (Lipinski definition) is 0. The maximum Gasteiger partial charge on any atom is 0.406 e. The van der Waals surface area contributed by atoms with Crippen molar-refractivity contribution in [2.24, 2.45) is 0 Å². The first-order valence-electron chi connectivity index (χ1n) is 5.77. The number of halogens is 4. The van der Waals surface area contributed by atoms with E-state index in [0.717, 1.165) is 7.11 Å². The minimum Gasteiger partial charge on any atom is -0.469 e. The number of carbonyl (C=O) groups excluding carboxylic acids is 2. The molecule has 0 atom stereocenters. The molecule has 112 valence electrons. The second-order valence-corrected chi connectivity index (χ2v) is 4.70. The van der Waals surface area contributed by atoms with Crippen LogP contribution in [-0.4, -0.2) is 48.5 Å². The predicted molar refractivity (Wildman–Crippen MR) is 66.9 cm³/mol. The van der Waals surface area contributed by atoms with Crippen molar-refractivity contribution < 1.29 is 27.5 Å². The monoisotopic (exact) mass is 347 g/mol. The molecule has 0 heterocycles. The highest BCUT2D eigenvalue weighted by atomic mass is 79.9. The van der Waals surface area contributed by atoms with Gasteiger partial charge in [0.2, 0.25) is 5.91 Å². The standard InChI is InChI=1S/C11H17BrF3NO3/c1-19-10(18)5-7-16(8-11(13,14)15)9(17)4-2-3-6-12/h2-8H2,1H3. The Morgan fingerprint density at radius 3 is 2.32 bits per heavy atom. The zero-order chi connectivity index (χ0) is 14.9. The van der Waals surface area contributed by atoms with Gasteiger partial charge in [-0.2, -0.15) is 13.2 Å². The number of ether oxygens (including phenoxy) is 1. The van der Waals surface area contributed by atoms with Gasteiger partial charge >= 0.3 is 12.1 Å². The second-order valence-electron chi connectivity index (χ2n) is 3.90. The van der Waals surface area contributed by atoms with Crippen LogP contribution in [0, 0.1) is 0 Å². The van der Waals surface area contributed by atoms with Gasteiger partial charge in [-0.25, -0.2) is 0 Å². The summed E-state index contributed by atoms with van der Waals surface area (Å²) in [5.74, 6) is -1.23. The molecule has 4 nitrogen and oxygen atoms in total. The van der Waals surface area contributed by atoms with Crippen LogP contribution in [0.2, 0.25) is 0 Å². The lowest BCUT2D eigenvalue weighted by atomic mass is 10.2. The summed E-state index contributed by atoms with van der Waals surface area (Å²) in [5.41, 5.74) is 0. The van der Waals surface area contributed by atoms with E-state index in [-0.39, 0.29) is 19.4 Å². The Labute approximate surface area is 118 Å². The smallest absolute Gasteiger partial charge is 0.406 e. The minimum atomic E-state index is -4.47. The van der Waals surface area contributed by atoms with Crippen molar-refractivity contribution >= 4 is 27.8 Å². The lowest BCUT2D eigenvalue weighted by molar-refractivity contribution is -0.162. The number of nitrogens with zero attached hydrogens (tertiary/aromatic N) is 1. The van der Waals surface area contributed by atoms with Crippen LogP contribution >= 0.6 is 15.9 Å². The quantitative estimate of drug-likeness (QED) is 0.385. The van der Waals surface area contributed by atoms with Gasteiger partial charge in [0.25, 0.3) is 0 Å². The van der Waals surface area contributed by atoms with Crippen molar-refractivity contribution in [2.75, 3.05) is 25.5 Å². The van der Waals surface area contributed by atoms with Crippen molar-refractivity contribution in [3.05, 3.63) is 0 Å². The third kappa shape index (κ3) is 9.75. The van der Waals surface area contributed by atoms with E-state index in [1.165, 1.54) is 0 Å². The van der Waals surface area contributed by atoms with Gasteiger partial charge in [-0.3, -0.25) is 9.59 Å². The maximum absolute atomic E-state index is 12.3. The topological polar surface area (TPSA) is 46.6 Å². The molecule has 0 N–H and O–H groups in total. The van der Waals surface area contributed by atoms with Crippen molar-refractivity contribution in [3.63, 3.8) is 0 Å². The number of hydrogen-bond acceptors (Lipinski definition) is 3. The summed E-state index contributed by atoms with van der Waals surface area (Å²) in [5, 5.41) is 0.696. The normalized spacial score (nSPS) is 11.2. The molecule has 0 unspecified atom stereocenters. The van der Waals surface area contributed by atoms with E-state index in [1.807, 2.05) is 0 Å². The highest BCUT2D eigenvalue weighted by molar-refractivity contribution is 9.09. The highest BCUT2D eigenvalue weighted by Crippen LogP contribution is 2.18. The van der Waals surface area contributed by atoms with Crippen LogP contribution in [0.15, 0.2) is 0 Å². The Hall–Kier alpha value is -0.790. The van der Waals surface area contributed by atoms with E-state index in [4.69, 9.17) is 0 Å². The predicted octanol–water partition coefficient (Wildman–Crippen LogP) is 2.51. The van der Waals surface area contributed by atoms with E-state index >= 15 is 0 Å².